The van der Waals surface area contributed by atoms with Crippen molar-refractivity contribution >= 4 is 11.9 Å². The standard InChI is InChI=1S/C22H26N6O/c1-23-21(29)18-11-7-8-16(12-18)13-26-22(24-2)28(3)15-20-25-14-19(27-20)17-9-5-4-6-10-17/h4-12,14H,13,15H2,1-3H3,(H,23,29)(H,24,26)(H,25,27). The SMILES string of the molecule is CN=C(NCc1cccc(C(=O)NC)c1)N(C)Cc1ncc(-c2ccccc2)[nH]1. The van der Waals surface area contributed by atoms with Gasteiger partial charge in [0.15, 0.2) is 5.96 Å². The van der Waals surface area contributed by atoms with Crippen LogP contribution in [0.5, 0.6) is 0 Å². The van der Waals surface area contributed by atoms with Crippen LogP contribution in [0.25, 0.3) is 11.3 Å². The van der Waals surface area contributed by atoms with E-state index in [1.807, 2.05) is 54.5 Å². The summed E-state index contributed by atoms with van der Waals surface area (Å²) in [5.41, 5.74) is 3.74. The summed E-state index contributed by atoms with van der Waals surface area (Å²) in [7, 11) is 5.33. The van der Waals surface area contributed by atoms with Gasteiger partial charge in [-0.1, -0.05) is 42.5 Å². The quantitative estimate of drug-likeness (QED) is 0.446. The Hall–Kier alpha value is -3.61. The van der Waals surface area contributed by atoms with Crippen LogP contribution < -0.4 is 10.6 Å². The molecule has 29 heavy (non-hydrogen) atoms. The molecule has 1 heterocycles. The number of nitrogens with one attached hydrogen (secondary N) is 3. The molecular formula is C22H26N6O. The second-order valence-corrected chi connectivity index (χ2v) is 6.65. The molecule has 0 saturated carbocycles. The maximum atomic E-state index is 11.8. The van der Waals surface area contributed by atoms with Crippen LogP contribution in [-0.4, -0.2) is 47.9 Å². The Bertz CT molecular complexity index is 980. The summed E-state index contributed by atoms with van der Waals surface area (Å²) >= 11 is 0. The molecular weight excluding hydrogens is 364 g/mol. The topological polar surface area (TPSA) is 85.4 Å². The van der Waals surface area contributed by atoms with Crippen LogP contribution in [0.15, 0.2) is 65.8 Å². The molecule has 150 valence electrons. The van der Waals surface area contributed by atoms with Gasteiger partial charge < -0.3 is 20.5 Å². The molecule has 0 bridgehead atoms. The van der Waals surface area contributed by atoms with Crippen molar-refractivity contribution in [3.63, 3.8) is 0 Å². The molecule has 0 aliphatic carbocycles. The highest BCUT2D eigenvalue weighted by Gasteiger charge is 2.10. The lowest BCUT2D eigenvalue weighted by Crippen LogP contribution is -2.38. The van der Waals surface area contributed by atoms with E-state index in [2.05, 4.69) is 37.7 Å². The molecule has 0 saturated heterocycles. The normalized spacial score (nSPS) is 11.2. The molecule has 0 aliphatic heterocycles. The molecule has 7 nitrogen and oxygen atoms in total. The minimum absolute atomic E-state index is 0.0969. The molecule has 2 aromatic carbocycles. The molecule has 3 aromatic rings. The fourth-order valence-corrected chi connectivity index (χ4v) is 3.04. The number of hydrogen-bond donors (Lipinski definition) is 3. The lowest BCUT2D eigenvalue weighted by Gasteiger charge is -2.21. The Morgan fingerprint density at radius 3 is 2.69 bits per heavy atom. The first-order valence-corrected chi connectivity index (χ1v) is 9.43. The van der Waals surface area contributed by atoms with Crippen LogP contribution in [0.3, 0.4) is 0 Å². The third-order valence-corrected chi connectivity index (χ3v) is 4.54. The van der Waals surface area contributed by atoms with Gasteiger partial charge in [0, 0.05) is 33.3 Å². The van der Waals surface area contributed by atoms with Crippen LogP contribution in [-0.2, 0) is 13.1 Å². The predicted octanol–water partition coefficient (Wildman–Crippen LogP) is 2.64. The van der Waals surface area contributed by atoms with Gasteiger partial charge in [-0.25, -0.2) is 4.98 Å². The Labute approximate surface area is 170 Å². The van der Waals surface area contributed by atoms with Crippen LogP contribution in [0.1, 0.15) is 21.7 Å². The van der Waals surface area contributed by atoms with Gasteiger partial charge in [-0.15, -0.1) is 0 Å². The molecule has 0 unspecified atom stereocenters. The van der Waals surface area contributed by atoms with Gasteiger partial charge in [-0.2, -0.15) is 0 Å². The first-order valence-electron chi connectivity index (χ1n) is 9.43. The zero-order valence-electron chi connectivity index (χ0n) is 16.9. The zero-order chi connectivity index (χ0) is 20.6. The molecule has 1 amide bonds. The van der Waals surface area contributed by atoms with Crippen molar-refractivity contribution in [3.05, 3.63) is 77.7 Å². The van der Waals surface area contributed by atoms with E-state index in [9.17, 15) is 4.79 Å². The molecule has 1 aromatic heterocycles. The summed E-state index contributed by atoms with van der Waals surface area (Å²) in [6, 6.07) is 17.6. The van der Waals surface area contributed by atoms with Gasteiger partial charge >= 0.3 is 0 Å². The van der Waals surface area contributed by atoms with Crippen molar-refractivity contribution in [1.29, 1.82) is 0 Å². The first kappa shape index (κ1) is 20.1. The van der Waals surface area contributed by atoms with Crippen molar-refractivity contribution in [1.82, 2.24) is 25.5 Å². The number of benzene rings is 2. The second kappa shape index (κ2) is 9.54. The Kier molecular flexibility index (Phi) is 6.63. The number of H-pyrrole nitrogens is 1. The highest BCUT2D eigenvalue weighted by atomic mass is 16.1. The smallest absolute Gasteiger partial charge is 0.251 e. The average Bonchev–Trinajstić information content (AvgIpc) is 3.23. The van der Waals surface area contributed by atoms with E-state index in [1.54, 1.807) is 20.2 Å². The number of guanidine groups is 1. The number of carbonyl (C=O) groups is 1. The van der Waals surface area contributed by atoms with E-state index in [4.69, 9.17) is 0 Å². The highest BCUT2D eigenvalue weighted by molar-refractivity contribution is 5.94. The van der Waals surface area contributed by atoms with Gasteiger partial charge in [0.1, 0.15) is 5.82 Å². The number of imidazole rings is 1. The Morgan fingerprint density at radius 1 is 1.17 bits per heavy atom. The molecule has 0 atom stereocenters. The maximum Gasteiger partial charge on any atom is 0.251 e. The number of aliphatic imine (C=N–C) groups is 1. The Morgan fingerprint density at radius 2 is 1.97 bits per heavy atom. The van der Waals surface area contributed by atoms with Gasteiger partial charge in [0.25, 0.3) is 5.91 Å². The lowest BCUT2D eigenvalue weighted by molar-refractivity contribution is 0.0963. The third kappa shape index (κ3) is 5.22. The number of amides is 1. The molecule has 0 fully saturated rings. The molecule has 3 rings (SSSR count). The van der Waals surface area contributed by atoms with Crippen molar-refractivity contribution in [2.24, 2.45) is 4.99 Å². The number of aromatic nitrogens is 2. The van der Waals surface area contributed by atoms with E-state index in [0.717, 1.165) is 28.6 Å². The summed E-state index contributed by atoms with van der Waals surface area (Å²) in [6.45, 7) is 1.15. The van der Waals surface area contributed by atoms with E-state index in [-0.39, 0.29) is 5.91 Å². The van der Waals surface area contributed by atoms with Gasteiger partial charge in [0.05, 0.1) is 18.4 Å². The second-order valence-electron chi connectivity index (χ2n) is 6.65. The van der Waals surface area contributed by atoms with Crippen molar-refractivity contribution in [2.75, 3.05) is 21.1 Å². The van der Waals surface area contributed by atoms with Gasteiger partial charge in [-0.3, -0.25) is 9.79 Å². The van der Waals surface area contributed by atoms with Gasteiger partial charge in [0.2, 0.25) is 0 Å². The molecule has 0 radical (unpaired) electrons. The number of carbonyl (C=O) groups excluding carboxylic acids is 1. The third-order valence-electron chi connectivity index (χ3n) is 4.54. The maximum absolute atomic E-state index is 11.8. The number of hydrogen-bond acceptors (Lipinski definition) is 3. The van der Waals surface area contributed by atoms with Crippen molar-refractivity contribution in [3.8, 4) is 11.3 Å². The monoisotopic (exact) mass is 390 g/mol. The van der Waals surface area contributed by atoms with E-state index >= 15 is 0 Å². The molecule has 3 N–H and O–H groups in total. The van der Waals surface area contributed by atoms with Crippen LogP contribution in [0, 0.1) is 0 Å². The fourth-order valence-electron chi connectivity index (χ4n) is 3.04. The lowest BCUT2D eigenvalue weighted by atomic mass is 10.1. The van der Waals surface area contributed by atoms with E-state index < -0.39 is 0 Å². The summed E-state index contributed by atoms with van der Waals surface area (Å²) in [5.74, 6) is 1.50. The minimum Gasteiger partial charge on any atom is -0.355 e. The summed E-state index contributed by atoms with van der Waals surface area (Å²) in [4.78, 5) is 26.0. The van der Waals surface area contributed by atoms with Crippen molar-refractivity contribution in [2.45, 2.75) is 13.1 Å². The van der Waals surface area contributed by atoms with Crippen LogP contribution >= 0.6 is 0 Å². The van der Waals surface area contributed by atoms with Gasteiger partial charge in [-0.05, 0) is 23.3 Å². The summed E-state index contributed by atoms with van der Waals surface area (Å²) in [6.07, 6.45) is 1.85. The summed E-state index contributed by atoms with van der Waals surface area (Å²) < 4.78 is 0. The molecule has 0 spiro atoms. The molecule has 0 aliphatic rings. The number of nitrogens with zero attached hydrogens (tertiary/aromatic N) is 3. The van der Waals surface area contributed by atoms with Crippen LogP contribution in [0.2, 0.25) is 0 Å². The fraction of sp³-hybridized carbons (Fsp3) is 0.227. The van der Waals surface area contributed by atoms with Crippen molar-refractivity contribution < 1.29 is 4.79 Å². The Balaban J connectivity index is 1.61. The molecule has 7 heteroatoms. The summed E-state index contributed by atoms with van der Waals surface area (Å²) in [5, 5.41) is 5.97. The largest absolute Gasteiger partial charge is 0.355 e. The van der Waals surface area contributed by atoms with Crippen LogP contribution in [0.4, 0.5) is 0 Å². The van der Waals surface area contributed by atoms with E-state index in [1.165, 1.54) is 0 Å². The predicted molar refractivity (Wildman–Crippen MR) is 116 cm³/mol. The minimum atomic E-state index is -0.0969. The first-order chi connectivity index (χ1) is 14.1. The zero-order valence-corrected chi connectivity index (χ0v) is 16.9. The van der Waals surface area contributed by atoms with E-state index in [0.29, 0.717) is 18.7 Å². The number of rotatable bonds is 6. The average molecular weight is 390 g/mol. The number of aromatic amines is 1. The highest BCUT2D eigenvalue weighted by Crippen LogP contribution is 2.16.